The van der Waals surface area contributed by atoms with E-state index in [0.717, 1.165) is 36.7 Å². The number of anilines is 1. The Balaban J connectivity index is 1.28. The van der Waals surface area contributed by atoms with Gasteiger partial charge < -0.3 is 10.2 Å². The molecule has 0 aliphatic carbocycles. The molecule has 3 fully saturated rings. The summed E-state index contributed by atoms with van der Waals surface area (Å²) >= 11 is 0.910. The first-order valence-corrected chi connectivity index (χ1v) is 11.0. The van der Waals surface area contributed by atoms with Gasteiger partial charge in [0, 0.05) is 19.3 Å². The van der Waals surface area contributed by atoms with Gasteiger partial charge in [0.15, 0.2) is 0 Å². The molecule has 0 radical (unpaired) electrons. The molecule has 1 atom stereocenters. The Morgan fingerprint density at radius 3 is 2.71 bits per heavy atom. The van der Waals surface area contributed by atoms with Crippen LogP contribution >= 0.6 is 11.8 Å². The standard InChI is InChI=1S/C20H27N5O2S/c26-18-17(28-20(27)24-18)12-16-5-9-22-19(23-16)25-10-6-14(7-11-25)2-1-3-15-4-8-21-13-15/h5,9,12,14-15,21H,1-4,6-8,10-11,13H2,(H,24,26,27)/b17-12-. The van der Waals surface area contributed by atoms with E-state index in [0.29, 0.717) is 16.5 Å². The van der Waals surface area contributed by atoms with Gasteiger partial charge in [0.25, 0.3) is 11.1 Å². The predicted octanol–water partition coefficient (Wildman–Crippen LogP) is 2.80. The van der Waals surface area contributed by atoms with Gasteiger partial charge in [-0.3, -0.25) is 14.9 Å². The fraction of sp³-hybridized carbons (Fsp3) is 0.600. The van der Waals surface area contributed by atoms with E-state index in [-0.39, 0.29) is 11.1 Å². The van der Waals surface area contributed by atoms with Crippen LogP contribution in [-0.2, 0) is 4.79 Å². The molecule has 8 heteroatoms. The van der Waals surface area contributed by atoms with Crippen LogP contribution in [0.4, 0.5) is 10.7 Å². The third kappa shape index (κ3) is 4.91. The van der Waals surface area contributed by atoms with Gasteiger partial charge in [0.1, 0.15) is 0 Å². The Kier molecular flexibility index (Phi) is 6.26. The number of piperidine rings is 1. The van der Waals surface area contributed by atoms with Crippen molar-refractivity contribution < 1.29 is 9.59 Å². The fourth-order valence-electron chi connectivity index (χ4n) is 4.23. The molecule has 4 heterocycles. The molecule has 1 aromatic rings. The first-order valence-electron chi connectivity index (χ1n) is 10.2. The number of nitrogens with one attached hydrogen (secondary N) is 2. The van der Waals surface area contributed by atoms with Crippen LogP contribution in [0.2, 0.25) is 0 Å². The maximum atomic E-state index is 11.7. The predicted molar refractivity (Wildman–Crippen MR) is 111 cm³/mol. The van der Waals surface area contributed by atoms with Gasteiger partial charge in [-0.25, -0.2) is 9.97 Å². The summed E-state index contributed by atoms with van der Waals surface area (Å²) in [6.07, 6.45) is 11.1. The van der Waals surface area contributed by atoms with E-state index in [1.807, 2.05) is 0 Å². The smallest absolute Gasteiger partial charge is 0.290 e. The van der Waals surface area contributed by atoms with Crippen molar-refractivity contribution >= 4 is 34.9 Å². The average molecular weight is 402 g/mol. The van der Waals surface area contributed by atoms with E-state index in [9.17, 15) is 9.59 Å². The zero-order valence-electron chi connectivity index (χ0n) is 16.0. The third-order valence-electron chi connectivity index (χ3n) is 5.87. The van der Waals surface area contributed by atoms with Crippen molar-refractivity contribution in [2.45, 2.75) is 38.5 Å². The summed E-state index contributed by atoms with van der Waals surface area (Å²) in [6, 6.07) is 1.76. The van der Waals surface area contributed by atoms with Gasteiger partial charge in [-0.2, -0.15) is 0 Å². The lowest BCUT2D eigenvalue weighted by molar-refractivity contribution is -0.115. The molecular weight excluding hydrogens is 374 g/mol. The van der Waals surface area contributed by atoms with Crippen LogP contribution in [0.15, 0.2) is 17.2 Å². The maximum Gasteiger partial charge on any atom is 0.290 e. The molecular formula is C20H27N5O2S. The Hall–Kier alpha value is -1.93. The van der Waals surface area contributed by atoms with Crippen LogP contribution in [0.5, 0.6) is 0 Å². The van der Waals surface area contributed by atoms with Gasteiger partial charge in [-0.1, -0.05) is 12.8 Å². The highest BCUT2D eigenvalue weighted by Crippen LogP contribution is 2.28. The number of nitrogens with zero attached hydrogens (tertiary/aromatic N) is 3. The number of carbonyl (C=O) groups is 2. The van der Waals surface area contributed by atoms with Crippen LogP contribution in [-0.4, -0.2) is 47.3 Å². The first kappa shape index (κ1) is 19.4. The number of rotatable bonds is 6. The normalized spacial score (nSPS) is 24.9. The van der Waals surface area contributed by atoms with E-state index in [2.05, 4.69) is 25.5 Å². The second-order valence-corrected chi connectivity index (χ2v) is 8.87. The first-order chi connectivity index (χ1) is 13.7. The zero-order chi connectivity index (χ0) is 19.3. The molecule has 4 rings (SSSR count). The zero-order valence-corrected chi connectivity index (χ0v) is 16.8. The molecule has 0 aromatic carbocycles. The number of thioether (sulfide) groups is 1. The summed E-state index contributed by atoms with van der Waals surface area (Å²) in [5.74, 6) is 2.05. The molecule has 7 nitrogen and oxygen atoms in total. The Labute approximate surface area is 169 Å². The van der Waals surface area contributed by atoms with Crippen molar-refractivity contribution in [3.63, 3.8) is 0 Å². The highest BCUT2D eigenvalue weighted by Gasteiger charge is 2.26. The molecule has 1 unspecified atom stereocenters. The highest BCUT2D eigenvalue weighted by atomic mass is 32.2. The second-order valence-electron chi connectivity index (χ2n) is 7.85. The molecule has 3 aliphatic heterocycles. The monoisotopic (exact) mass is 401 g/mol. The largest absolute Gasteiger partial charge is 0.341 e. The van der Waals surface area contributed by atoms with Crippen molar-refractivity contribution in [1.29, 1.82) is 0 Å². The number of hydrogen-bond donors (Lipinski definition) is 2. The summed E-state index contributed by atoms with van der Waals surface area (Å²) in [7, 11) is 0. The van der Waals surface area contributed by atoms with Crippen molar-refractivity contribution in [2.75, 3.05) is 31.1 Å². The van der Waals surface area contributed by atoms with E-state index in [1.165, 1.54) is 51.6 Å². The fourth-order valence-corrected chi connectivity index (χ4v) is 4.89. The van der Waals surface area contributed by atoms with E-state index >= 15 is 0 Å². The molecule has 3 aliphatic rings. The summed E-state index contributed by atoms with van der Waals surface area (Å²) in [6.45, 7) is 4.35. The van der Waals surface area contributed by atoms with Gasteiger partial charge in [-0.05, 0) is 74.5 Å². The van der Waals surface area contributed by atoms with Gasteiger partial charge in [0.2, 0.25) is 5.95 Å². The lowest BCUT2D eigenvalue weighted by Gasteiger charge is -2.32. The van der Waals surface area contributed by atoms with Crippen molar-refractivity contribution in [3.8, 4) is 0 Å². The number of imide groups is 1. The molecule has 150 valence electrons. The maximum absolute atomic E-state index is 11.7. The van der Waals surface area contributed by atoms with Gasteiger partial charge in [-0.15, -0.1) is 0 Å². The quantitative estimate of drug-likeness (QED) is 0.709. The molecule has 0 spiro atoms. The molecule has 2 N–H and O–H groups in total. The van der Waals surface area contributed by atoms with E-state index in [4.69, 9.17) is 0 Å². The van der Waals surface area contributed by atoms with Crippen molar-refractivity contribution in [3.05, 3.63) is 22.9 Å². The lowest BCUT2D eigenvalue weighted by Crippen LogP contribution is -2.35. The lowest BCUT2D eigenvalue weighted by atomic mass is 9.89. The van der Waals surface area contributed by atoms with Crippen molar-refractivity contribution in [1.82, 2.24) is 20.6 Å². The minimum absolute atomic E-state index is 0.336. The summed E-state index contributed by atoms with van der Waals surface area (Å²) in [5.41, 5.74) is 0.657. The van der Waals surface area contributed by atoms with Crippen LogP contribution in [0.1, 0.15) is 44.2 Å². The summed E-state index contributed by atoms with van der Waals surface area (Å²) in [5, 5.41) is 5.38. The molecule has 3 saturated heterocycles. The Morgan fingerprint density at radius 1 is 1.18 bits per heavy atom. The minimum atomic E-state index is -0.357. The Morgan fingerprint density at radius 2 is 2.00 bits per heavy atom. The molecule has 2 amide bonds. The summed E-state index contributed by atoms with van der Waals surface area (Å²) < 4.78 is 0. The Bertz CT molecular complexity index is 755. The minimum Gasteiger partial charge on any atom is -0.341 e. The number of hydrogen-bond acceptors (Lipinski definition) is 7. The van der Waals surface area contributed by atoms with Crippen LogP contribution in [0.25, 0.3) is 6.08 Å². The third-order valence-corrected chi connectivity index (χ3v) is 6.68. The average Bonchev–Trinajstić information content (AvgIpc) is 3.32. The number of carbonyl (C=O) groups excluding carboxylic acids is 2. The molecule has 0 saturated carbocycles. The van der Waals surface area contributed by atoms with Gasteiger partial charge >= 0.3 is 0 Å². The van der Waals surface area contributed by atoms with Crippen LogP contribution in [0, 0.1) is 11.8 Å². The summed E-state index contributed by atoms with van der Waals surface area (Å²) in [4.78, 5) is 34.6. The highest BCUT2D eigenvalue weighted by molar-refractivity contribution is 8.18. The molecule has 1 aromatic heterocycles. The second kappa shape index (κ2) is 9.05. The number of aromatic nitrogens is 2. The van der Waals surface area contributed by atoms with E-state index < -0.39 is 0 Å². The van der Waals surface area contributed by atoms with Crippen LogP contribution < -0.4 is 15.5 Å². The van der Waals surface area contributed by atoms with Gasteiger partial charge in [0.05, 0.1) is 10.6 Å². The SMILES string of the molecule is O=C1NC(=O)/C(=C/c2ccnc(N3CCC(CCCC4CCNC4)CC3)n2)S1. The van der Waals surface area contributed by atoms with Crippen molar-refractivity contribution in [2.24, 2.45) is 11.8 Å². The molecule has 0 bridgehead atoms. The molecule has 28 heavy (non-hydrogen) atoms. The topological polar surface area (TPSA) is 87.2 Å². The number of amides is 2. The van der Waals surface area contributed by atoms with E-state index in [1.54, 1.807) is 18.3 Å². The van der Waals surface area contributed by atoms with Crippen LogP contribution in [0.3, 0.4) is 0 Å².